The van der Waals surface area contributed by atoms with Gasteiger partial charge in [0.15, 0.2) is 5.78 Å². The van der Waals surface area contributed by atoms with Crippen molar-refractivity contribution in [3.05, 3.63) is 48.1 Å². The fourth-order valence-corrected chi connectivity index (χ4v) is 7.86. The van der Waals surface area contributed by atoms with E-state index in [4.69, 9.17) is 9.47 Å². The van der Waals surface area contributed by atoms with Crippen molar-refractivity contribution in [3.63, 3.8) is 0 Å². The van der Waals surface area contributed by atoms with Gasteiger partial charge in [0.25, 0.3) is 5.91 Å². The molecule has 1 aromatic carbocycles. The molecule has 5 rings (SSSR count). The highest BCUT2D eigenvalue weighted by atomic mass is 16.5. The van der Waals surface area contributed by atoms with Crippen LogP contribution in [0.2, 0.25) is 0 Å². The van der Waals surface area contributed by atoms with E-state index >= 15 is 0 Å². The van der Waals surface area contributed by atoms with E-state index in [1.807, 2.05) is 25.1 Å². The average Bonchev–Trinajstić information content (AvgIpc) is 3.13. The molecule has 0 radical (unpaired) electrons. The van der Waals surface area contributed by atoms with Crippen LogP contribution in [0.25, 0.3) is 0 Å². The van der Waals surface area contributed by atoms with Gasteiger partial charge in [-0.15, -0.1) is 0 Å². The molecule has 0 aromatic heterocycles. The third-order valence-electron chi connectivity index (χ3n) is 9.74. The van der Waals surface area contributed by atoms with Gasteiger partial charge in [0.05, 0.1) is 19.8 Å². The average molecular weight is 496 g/mol. The summed E-state index contributed by atoms with van der Waals surface area (Å²) >= 11 is 0. The summed E-state index contributed by atoms with van der Waals surface area (Å²) < 4.78 is 10.9. The van der Waals surface area contributed by atoms with Crippen LogP contribution in [0.1, 0.15) is 46.0 Å². The van der Waals surface area contributed by atoms with E-state index in [0.717, 1.165) is 30.6 Å². The molecule has 0 heterocycles. The van der Waals surface area contributed by atoms with Gasteiger partial charge in [0.1, 0.15) is 23.7 Å². The number of amides is 1. The lowest BCUT2D eigenvalue weighted by atomic mass is 9.46. The molecule has 3 saturated carbocycles. The second kappa shape index (κ2) is 9.03. The molecule has 3 N–H and O–H groups in total. The highest BCUT2D eigenvalue weighted by Crippen LogP contribution is 2.66. The molecule has 36 heavy (non-hydrogen) atoms. The number of ketones is 1. The number of ether oxygens (including phenoxy) is 2. The van der Waals surface area contributed by atoms with Crippen molar-refractivity contribution in [1.29, 1.82) is 0 Å². The van der Waals surface area contributed by atoms with Crippen LogP contribution in [0.3, 0.4) is 0 Å². The minimum atomic E-state index is -1.54. The van der Waals surface area contributed by atoms with Crippen molar-refractivity contribution < 1.29 is 29.3 Å². The van der Waals surface area contributed by atoms with Crippen LogP contribution in [0.15, 0.2) is 48.1 Å². The maximum absolute atomic E-state index is 13.3. The summed E-state index contributed by atoms with van der Waals surface area (Å²) in [6.45, 7) is 4.65. The first-order chi connectivity index (χ1) is 17.1. The van der Waals surface area contributed by atoms with Gasteiger partial charge in [-0.25, -0.2) is 0 Å². The van der Waals surface area contributed by atoms with Gasteiger partial charge >= 0.3 is 0 Å². The number of methoxy groups -OCH3 is 1. The minimum absolute atomic E-state index is 0.0129. The molecule has 4 aliphatic carbocycles. The Bertz CT molecular complexity index is 1100. The molecule has 0 bridgehead atoms. The lowest BCUT2D eigenvalue weighted by Crippen LogP contribution is -2.63. The fourth-order valence-electron chi connectivity index (χ4n) is 7.86. The number of benzene rings is 1. The quantitative estimate of drug-likeness (QED) is 0.524. The van der Waals surface area contributed by atoms with Gasteiger partial charge in [-0.3, -0.25) is 9.59 Å². The second-order valence-corrected chi connectivity index (χ2v) is 11.4. The molecular weight excluding hydrogens is 458 g/mol. The van der Waals surface area contributed by atoms with Crippen LogP contribution < -0.4 is 14.8 Å². The lowest BCUT2D eigenvalue weighted by molar-refractivity contribution is -0.178. The monoisotopic (exact) mass is 495 g/mol. The van der Waals surface area contributed by atoms with E-state index in [-0.39, 0.29) is 48.0 Å². The Hall–Kier alpha value is -2.64. The molecule has 4 aliphatic rings. The fraction of sp³-hybridized carbons (Fsp3) is 0.586. The molecule has 1 aromatic rings. The molecule has 3 fully saturated rings. The zero-order valence-corrected chi connectivity index (χ0v) is 21.3. The third-order valence-corrected chi connectivity index (χ3v) is 9.74. The van der Waals surface area contributed by atoms with E-state index in [0.29, 0.717) is 18.6 Å². The van der Waals surface area contributed by atoms with Crippen molar-refractivity contribution in [2.45, 2.75) is 57.7 Å². The third kappa shape index (κ3) is 3.79. The van der Waals surface area contributed by atoms with Crippen LogP contribution in [-0.4, -0.2) is 53.9 Å². The summed E-state index contributed by atoms with van der Waals surface area (Å²) in [5, 5.41) is 26.1. The molecule has 7 nitrogen and oxygen atoms in total. The molecular formula is C29H37NO6. The van der Waals surface area contributed by atoms with Crippen LogP contribution in [0.5, 0.6) is 11.5 Å². The number of nitrogens with one attached hydrogen (secondary N) is 1. The molecule has 0 aliphatic heterocycles. The Morgan fingerprint density at radius 1 is 1.17 bits per heavy atom. The maximum atomic E-state index is 13.3. The van der Waals surface area contributed by atoms with Crippen LogP contribution in [0.4, 0.5) is 0 Å². The Morgan fingerprint density at radius 3 is 2.61 bits per heavy atom. The molecule has 7 atom stereocenters. The standard InChI is InChI=1S/C29H37NO6/c1-27-12-10-19(31)16-18(27)4-9-22-23-11-13-29(34,28(23,2)17-24(32)25(22)27)26(33)30-14-15-36-21-7-5-20(35-3)6-8-21/h5-8,10,12,16,22-25,32,34H,4,9,11,13-15,17H2,1-3H3,(H,30,33). The lowest BCUT2D eigenvalue weighted by Gasteiger charge is -2.59. The van der Waals surface area contributed by atoms with Gasteiger partial charge < -0.3 is 25.0 Å². The second-order valence-electron chi connectivity index (χ2n) is 11.4. The number of hydrogen-bond acceptors (Lipinski definition) is 6. The zero-order chi connectivity index (χ0) is 25.7. The van der Waals surface area contributed by atoms with Crippen LogP contribution in [-0.2, 0) is 9.59 Å². The largest absolute Gasteiger partial charge is 0.497 e. The SMILES string of the molecule is COc1ccc(OCCNC(=O)C2(O)CCC3C4CCC5=CC(=O)C=CC5(C)C4C(O)CC32C)cc1. The number of rotatable bonds is 6. The van der Waals surface area contributed by atoms with Gasteiger partial charge in [0, 0.05) is 16.7 Å². The van der Waals surface area contributed by atoms with Crippen molar-refractivity contribution in [2.24, 2.45) is 28.6 Å². The first kappa shape index (κ1) is 25.0. The number of carbonyl (C=O) groups excluding carboxylic acids is 2. The highest BCUT2D eigenvalue weighted by molar-refractivity contribution is 6.01. The Morgan fingerprint density at radius 2 is 1.89 bits per heavy atom. The normalized spacial score (nSPS) is 38.9. The smallest absolute Gasteiger partial charge is 0.252 e. The summed E-state index contributed by atoms with van der Waals surface area (Å²) in [6.07, 6.45) is 7.82. The van der Waals surface area contributed by atoms with Crippen molar-refractivity contribution in [1.82, 2.24) is 5.32 Å². The van der Waals surface area contributed by atoms with E-state index in [9.17, 15) is 19.8 Å². The van der Waals surface area contributed by atoms with E-state index in [2.05, 4.69) is 12.2 Å². The summed E-state index contributed by atoms with van der Waals surface area (Å²) in [6, 6.07) is 7.23. The van der Waals surface area contributed by atoms with Gasteiger partial charge in [0.2, 0.25) is 0 Å². The number of aliphatic hydroxyl groups is 2. The number of carbonyl (C=O) groups is 2. The minimum Gasteiger partial charge on any atom is -0.497 e. The Kier molecular flexibility index (Phi) is 6.28. The molecule has 1 amide bonds. The predicted octanol–water partition coefficient (Wildman–Crippen LogP) is 3.20. The highest BCUT2D eigenvalue weighted by Gasteiger charge is 2.68. The van der Waals surface area contributed by atoms with Crippen molar-refractivity contribution >= 4 is 11.7 Å². The molecule has 7 heteroatoms. The van der Waals surface area contributed by atoms with E-state index < -0.39 is 17.1 Å². The summed E-state index contributed by atoms with van der Waals surface area (Å²) in [5.74, 6) is 1.33. The van der Waals surface area contributed by atoms with E-state index in [1.165, 1.54) is 0 Å². The molecule has 0 saturated heterocycles. The summed E-state index contributed by atoms with van der Waals surface area (Å²) in [5.41, 5.74) is -1.53. The summed E-state index contributed by atoms with van der Waals surface area (Å²) in [7, 11) is 1.60. The number of aliphatic hydroxyl groups excluding tert-OH is 1. The zero-order valence-electron chi connectivity index (χ0n) is 21.3. The van der Waals surface area contributed by atoms with Gasteiger partial charge in [-0.05, 0) is 80.4 Å². The number of hydrogen-bond donors (Lipinski definition) is 3. The predicted molar refractivity (Wildman–Crippen MR) is 134 cm³/mol. The van der Waals surface area contributed by atoms with Crippen molar-refractivity contribution in [2.75, 3.05) is 20.3 Å². The van der Waals surface area contributed by atoms with Crippen molar-refractivity contribution in [3.8, 4) is 11.5 Å². The maximum Gasteiger partial charge on any atom is 0.252 e. The molecule has 0 spiro atoms. The van der Waals surface area contributed by atoms with Crippen LogP contribution >= 0.6 is 0 Å². The number of fused-ring (bicyclic) bond motifs is 5. The summed E-state index contributed by atoms with van der Waals surface area (Å²) in [4.78, 5) is 25.3. The topological polar surface area (TPSA) is 105 Å². The first-order valence-corrected chi connectivity index (χ1v) is 13.0. The molecule has 7 unspecified atom stereocenters. The number of allylic oxidation sites excluding steroid dienone is 4. The van der Waals surface area contributed by atoms with Gasteiger partial charge in [-0.2, -0.15) is 0 Å². The first-order valence-electron chi connectivity index (χ1n) is 13.0. The van der Waals surface area contributed by atoms with Crippen LogP contribution in [0, 0.1) is 28.6 Å². The van der Waals surface area contributed by atoms with E-state index in [1.54, 1.807) is 31.4 Å². The Balaban J connectivity index is 1.27. The molecule has 194 valence electrons. The Labute approximate surface area is 212 Å². The van der Waals surface area contributed by atoms with Gasteiger partial charge in [-0.1, -0.05) is 25.5 Å².